The summed E-state index contributed by atoms with van der Waals surface area (Å²) in [7, 11) is 1.64. The first-order valence-electron chi connectivity index (χ1n) is 10.5. The fourth-order valence-electron chi connectivity index (χ4n) is 4.54. The molecule has 0 spiro atoms. The van der Waals surface area contributed by atoms with Crippen LogP contribution in [-0.4, -0.2) is 36.4 Å². The molecule has 0 radical (unpaired) electrons. The molecule has 1 aliphatic heterocycles. The van der Waals surface area contributed by atoms with Gasteiger partial charge >= 0.3 is 0 Å². The number of carbonyl (C=O) groups is 2. The molecule has 1 N–H and O–H groups in total. The van der Waals surface area contributed by atoms with Crippen molar-refractivity contribution in [3.05, 3.63) is 48.5 Å². The van der Waals surface area contributed by atoms with E-state index >= 15 is 0 Å². The largest absolute Gasteiger partial charge is 0.497 e. The average molecular weight is 392 g/mol. The smallest absolute Gasteiger partial charge is 0.247 e. The monoisotopic (exact) mass is 392 g/mol. The highest BCUT2D eigenvalue weighted by molar-refractivity contribution is 6.00. The van der Waals surface area contributed by atoms with Crippen molar-refractivity contribution >= 4 is 17.5 Å². The zero-order valence-electron chi connectivity index (χ0n) is 16.9. The molecule has 29 heavy (non-hydrogen) atoms. The van der Waals surface area contributed by atoms with E-state index in [0.29, 0.717) is 6.54 Å². The van der Waals surface area contributed by atoms with Crippen molar-refractivity contribution in [3.8, 4) is 16.9 Å². The number of benzene rings is 2. The molecule has 0 aromatic heterocycles. The summed E-state index contributed by atoms with van der Waals surface area (Å²) in [5.74, 6) is 0.982. The molecule has 2 fully saturated rings. The summed E-state index contributed by atoms with van der Waals surface area (Å²) in [6, 6.07) is 15.2. The van der Waals surface area contributed by atoms with Gasteiger partial charge in [-0.1, -0.05) is 43.2 Å². The number of nitrogens with zero attached hydrogens (tertiary/aromatic N) is 1. The molecule has 2 amide bonds. The summed E-state index contributed by atoms with van der Waals surface area (Å²) in [5.41, 5.74) is 2.73. The van der Waals surface area contributed by atoms with E-state index in [0.717, 1.165) is 61.1 Å². The normalized spacial score (nSPS) is 19.3. The maximum Gasteiger partial charge on any atom is 0.247 e. The average Bonchev–Trinajstić information content (AvgIpc) is 3.46. The lowest BCUT2D eigenvalue weighted by atomic mass is 10.0. The van der Waals surface area contributed by atoms with Crippen LogP contribution in [0.15, 0.2) is 48.5 Å². The molecule has 5 nitrogen and oxygen atoms in total. The van der Waals surface area contributed by atoms with E-state index in [1.165, 1.54) is 0 Å². The van der Waals surface area contributed by atoms with Gasteiger partial charge in [0.1, 0.15) is 11.8 Å². The molecule has 0 bridgehead atoms. The number of para-hydroxylation sites is 1. The first-order valence-corrected chi connectivity index (χ1v) is 10.5. The first kappa shape index (κ1) is 19.5. The van der Waals surface area contributed by atoms with Crippen LogP contribution >= 0.6 is 0 Å². The number of carbonyl (C=O) groups excluding carboxylic acids is 2. The van der Waals surface area contributed by atoms with Crippen LogP contribution in [0.2, 0.25) is 0 Å². The van der Waals surface area contributed by atoms with E-state index in [2.05, 4.69) is 5.32 Å². The third-order valence-electron chi connectivity index (χ3n) is 6.13. The van der Waals surface area contributed by atoms with E-state index in [1.54, 1.807) is 7.11 Å². The third kappa shape index (κ3) is 4.14. The van der Waals surface area contributed by atoms with Gasteiger partial charge in [0.15, 0.2) is 0 Å². The van der Waals surface area contributed by atoms with E-state index in [9.17, 15) is 9.59 Å². The maximum absolute atomic E-state index is 13.1. The fourth-order valence-corrected chi connectivity index (χ4v) is 4.54. The van der Waals surface area contributed by atoms with Crippen molar-refractivity contribution in [1.29, 1.82) is 0 Å². The molecule has 1 saturated carbocycles. The highest BCUT2D eigenvalue weighted by Gasteiger charge is 2.37. The number of hydrogen-bond donors (Lipinski definition) is 1. The summed E-state index contributed by atoms with van der Waals surface area (Å²) in [5, 5.41) is 3.09. The molecule has 2 aromatic rings. The minimum absolute atomic E-state index is 0.0881. The number of amides is 2. The van der Waals surface area contributed by atoms with Gasteiger partial charge in [-0.3, -0.25) is 9.59 Å². The number of hydrogen-bond acceptors (Lipinski definition) is 3. The third-order valence-corrected chi connectivity index (χ3v) is 6.13. The Morgan fingerprint density at radius 3 is 2.41 bits per heavy atom. The Morgan fingerprint density at radius 1 is 0.966 bits per heavy atom. The molecule has 152 valence electrons. The Balaban J connectivity index is 1.51. The van der Waals surface area contributed by atoms with Crippen molar-refractivity contribution in [2.75, 3.05) is 19.0 Å². The topological polar surface area (TPSA) is 58.6 Å². The number of methoxy groups -OCH3 is 1. The summed E-state index contributed by atoms with van der Waals surface area (Å²) in [4.78, 5) is 27.8. The quantitative estimate of drug-likeness (QED) is 0.816. The lowest BCUT2D eigenvalue weighted by Gasteiger charge is -2.27. The second-order valence-corrected chi connectivity index (χ2v) is 7.93. The Bertz CT molecular complexity index is 872. The zero-order chi connectivity index (χ0) is 20.2. The fraction of sp³-hybridized carbons (Fsp3) is 0.417. The molecule has 2 aliphatic rings. The molecule has 1 unspecified atom stereocenters. The standard InChI is InChI=1S/C24H28N2O3/c1-29-19-14-12-17(13-15-19)20-9-4-5-10-21(20)25-23(27)22-11-6-16-26(22)24(28)18-7-2-3-8-18/h4-5,9-10,12-15,18,22H,2-3,6-8,11,16H2,1H3,(H,25,27). The molecular formula is C24H28N2O3. The van der Waals surface area contributed by atoms with Crippen molar-refractivity contribution in [2.24, 2.45) is 5.92 Å². The maximum atomic E-state index is 13.1. The van der Waals surface area contributed by atoms with Crippen LogP contribution in [-0.2, 0) is 9.59 Å². The Hall–Kier alpha value is -2.82. The van der Waals surface area contributed by atoms with Crippen LogP contribution in [0.4, 0.5) is 5.69 Å². The number of anilines is 1. The Labute approximate surface area is 172 Å². The second kappa shape index (κ2) is 8.68. The predicted octanol–water partition coefficient (Wildman–Crippen LogP) is 4.48. The minimum atomic E-state index is -0.368. The Kier molecular flexibility index (Phi) is 5.84. The molecule has 1 heterocycles. The van der Waals surface area contributed by atoms with Crippen LogP contribution < -0.4 is 10.1 Å². The highest BCUT2D eigenvalue weighted by Crippen LogP contribution is 2.32. The van der Waals surface area contributed by atoms with Gasteiger partial charge in [0.25, 0.3) is 0 Å². The van der Waals surface area contributed by atoms with Crippen LogP contribution in [0.1, 0.15) is 38.5 Å². The van der Waals surface area contributed by atoms with Gasteiger partial charge in [0.2, 0.25) is 11.8 Å². The minimum Gasteiger partial charge on any atom is -0.497 e. The van der Waals surface area contributed by atoms with E-state index in [4.69, 9.17) is 4.74 Å². The van der Waals surface area contributed by atoms with Crippen LogP contribution in [0, 0.1) is 5.92 Å². The molecule has 4 rings (SSSR count). The van der Waals surface area contributed by atoms with Gasteiger partial charge < -0.3 is 15.0 Å². The van der Waals surface area contributed by atoms with Crippen LogP contribution in [0.5, 0.6) is 5.75 Å². The Morgan fingerprint density at radius 2 is 1.69 bits per heavy atom. The lowest BCUT2D eigenvalue weighted by molar-refractivity contribution is -0.140. The summed E-state index contributed by atoms with van der Waals surface area (Å²) >= 11 is 0. The van der Waals surface area contributed by atoms with E-state index in [-0.39, 0.29) is 23.8 Å². The van der Waals surface area contributed by atoms with E-state index in [1.807, 2.05) is 53.4 Å². The number of rotatable bonds is 5. The van der Waals surface area contributed by atoms with Gasteiger partial charge in [-0.05, 0) is 49.4 Å². The highest BCUT2D eigenvalue weighted by atomic mass is 16.5. The molecule has 1 atom stereocenters. The van der Waals surface area contributed by atoms with Gasteiger partial charge in [0.05, 0.1) is 7.11 Å². The summed E-state index contributed by atoms with van der Waals surface area (Å²) in [6.07, 6.45) is 5.78. The lowest BCUT2D eigenvalue weighted by Crippen LogP contribution is -2.45. The van der Waals surface area contributed by atoms with Gasteiger partial charge in [0, 0.05) is 23.7 Å². The molecule has 1 aliphatic carbocycles. The van der Waals surface area contributed by atoms with Crippen molar-refractivity contribution in [3.63, 3.8) is 0 Å². The second-order valence-electron chi connectivity index (χ2n) is 7.93. The number of ether oxygens (including phenoxy) is 1. The van der Waals surface area contributed by atoms with Gasteiger partial charge in [-0.15, -0.1) is 0 Å². The van der Waals surface area contributed by atoms with Crippen LogP contribution in [0.25, 0.3) is 11.1 Å². The number of nitrogens with one attached hydrogen (secondary N) is 1. The SMILES string of the molecule is COc1ccc(-c2ccccc2NC(=O)C2CCCN2C(=O)C2CCCC2)cc1. The summed E-state index contributed by atoms with van der Waals surface area (Å²) < 4.78 is 5.24. The molecule has 2 aromatic carbocycles. The zero-order valence-corrected chi connectivity index (χ0v) is 16.9. The number of likely N-dealkylation sites (tertiary alicyclic amines) is 1. The molecule has 5 heteroatoms. The van der Waals surface area contributed by atoms with Gasteiger partial charge in [-0.25, -0.2) is 0 Å². The first-order chi connectivity index (χ1) is 14.2. The van der Waals surface area contributed by atoms with Gasteiger partial charge in [-0.2, -0.15) is 0 Å². The molecule has 1 saturated heterocycles. The van der Waals surface area contributed by atoms with Crippen molar-refractivity contribution in [2.45, 2.75) is 44.6 Å². The predicted molar refractivity (Wildman–Crippen MR) is 114 cm³/mol. The van der Waals surface area contributed by atoms with E-state index < -0.39 is 0 Å². The van der Waals surface area contributed by atoms with Crippen molar-refractivity contribution in [1.82, 2.24) is 4.90 Å². The van der Waals surface area contributed by atoms with Crippen molar-refractivity contribution < 1.29 is 14.3 Å². The molecular weight excluding hydrogens is 364 g/mol. The summed E-state index contributed by atoms with van der Waals surface area (Å²) in [6.45, 7) is 0.688. The van der Waals surface area contributed by atoms with Crippen LogP contribution in [0.3, 0.4) is 0 Å².